The van der Waals surface area contributed by atoms with E-state index in [0.717, 1.165) is 0 Å². The molecule has 0 aromatic heterocycles. The molecule has 1 saturated heterocycles. The molecule has 0 spiro atoms. The largest absolute Gasteiger partial charge is 0.299 e. The summed E-state index contributed by atoms with van der Waals surface area (Å²) in [5.74, 6) is 0.0736. The first-order chi connectivity index (χ1) is 7.54. The lowest BCUT2D eigenvalue weighted by Crippen LogP contribution is -2.50. The molecule has 0 aliphatic carbocycles. The number of hydrogen-bond donors (Lipinski definition) is 1. The van der Waals surface area contributed by atoms with Crippen LogP contribution in [0.25, 0.3) is 10.4 Å². The Morgan fingerprint density at radius 2 is 2.12 bits per heavy atom. The first kappa shape index (κ1) is 12.8. The minimum Gasteiger partial charge on any atom is -0.299 e. The van der Waals surface area contributed by atoms with Crippen LogP contribution in [0.5, 0.6) is 0 Å². The maximum absolute atomic E-state index is 11.2. The molecule has 1 heterocycles. The third kappa shape index (κ3) is 3.38. The standard InChI is InChI=1S/C8H13N5O2S/c9-7-8(11-3-4-12-13-10)1-5-16(14,15)6-2-8/h11H,1-6H2. The van der Waals surface area contributed by atoms with Crippen LogP contribution in [0.1, 0.15) is 12.8 Å². The minimum atomic E-state index is -2.97. The van der Waals surface area contributed by atoms with Crippen LogP contribution in [0.2, 0.25) is 0 Å². The fourth-order valence-corrected chi connectivity index (χ4v) is 3.13. The number of sulfone groups is 1. The highest BCUT2D eigenvalue weighted by molar-refractivity contribution is 7.91. The molecule has 1 N–H and O–H groups in total. The zero-order valence-electron chi connectivity index (χ0n) is 8.76. The second-order valence-corrected chi connectivity index (χ2v) is 6.03. The third-order valence-electron chi connectivity index (χ3n) is 2.63. The van der Waals surface area contributed by atoms with Crippen molar-refractivity contribution in [2.75, 3.05) is 24.6 Å². The van der Waals surface area contributed by atoms with Gasteiger partial charge >= 0.3 is 0 Å². The molecule has 0 atom stereocenters. The first-order valence-corrected chi connectivity index (χ1v) is 6.73. The molecule has 0 aromatic rings. The van der Waals surface area contributed by atoms with E-state index in [4.69, 9.17) is 10.8 Å². The maximum atomic E-state index is 11.2. The van der Waals surface area contributed by atoms with E-state index in [1.165, 1.54) is 0 Å². The second kappa shape index (κ2) is 5.16. The molecule has 88 valence electrons. The summed E-state index contributed by atoms with van der Waals surface area (Å²) in [6.45, 7) is 0.643. The quantitative estimate of drug-likeness (QED) is 0.331. The number of nitriles is 1. The highest BCUT2D eigenvalue weighted by Gasteiger charge is 2.36. The minimum absolute atomic E-state index is 0.0368. The van der Waals surface area contributed by atoms with E-state index < -0.39 is 15.4 Å². The van der Waals surface area contributed by atoms with Gasteiger partial charge in [0.1, 0.15) is 5.54 Å². The van der Waals surface area contributed by atoms with Gasteiger partial charge < -0.3 is 0 Å². The van der Waals surface area contributed by atoms with Crippen LogP contribution >= 0.6 is 0 Å². The molecule has 0 unspecified atom stereocenters. The summed E-state index contributed by atoms with van der Waals surface area (Å²) in [6, 6.07) is 2.12. The van der Waals surface area contributed by atoms with Crippen LogP contribution in [0.3, 0.4) is 0 Å². The summed E-state index contributed by atoms with van der Waals surface area (Å²) in [7, 11) is -2.97. The van der Waals surface area contributed by atoms with E-state index in [0.29, 0.717) is 19.4 Å². The number of nitrogens with zero attached hydrogens (tertiary/aromatic N) is 4. The molecule has 0 bridgehead atoms. The average Bonchev–Trinajstić information content (AvgIpc) is 2.27. The van der Waals surface area contributed by atoms with Crippen LogP contribution in [0, 0.1) is 11.3 Å². The van der Waals surface area contributed by atoms with Crippen molar-refractivity contribution < 1.29 is 8.42 Å². The van der Waals surface area contributed by atoms with Crippen LogP contribution in [0.15, 0.2) is 5.11 Å². The van der Waals surface area contributed by atoms with Crippen molar-refractivity contribution in [1.29, 1.82) is 5.26 Å². The molecular formula is C8H13N5O2S. The Kier molecular flexibility index (Phi) is 4.12. The van der Waals surface area contributed by atoms with Gasteiger partial charge in [-0.25, -0.2) is 8.42 Å². The average molecular weight is 243 g/mol. The molecule has 8 heteroatoms. The molecule has 1 rings (SSSR count). The van der Waals surface area contributed by atoms with Gasteiger partial charge in [0, 0.05) is 18.0 Å². The van der Waals surface area contributed by atoms with Crippen molar-refractivity contribution in [3.63, 3.8) is 0 Å². The first-order valence-electron chi connectivity index (χ1n) is 4.91. The van der Waals surface area contributed by atoms with Crippen molar-refractivity contribution in [2.24, 2.45) is 5.11 Å². The fourth-order valence-electron chi connectivity index (χ4n) is 1.60. The van der Waals surface area contributed by atoms with E-state index >= 15 is 0 Å². The second-order valence-electron chi connectivity index (χ2n) is 3.73. The summed E-state index contributed by atoms with van der Waals surface area (Å²) in [4.78, 5) is 2.60. The predicted octanol–water partition coefficient (Wildman–Crippen LogP) is 0.357. The zero-order chi connectivity index (χ0) is 12.1. The Hall–Kier alpha value is -1.29. The van der Waals surface area contributed by atoms with Crippen LogP contribution < -0.4 is 5.32 Å². The Morgan fingerprint density at radius 3 is 2.62 bits per heavy atom. The van der Waals surface area contributed by atoms with E-state index in [9.17, 15) is 8.42 Å². The summed E-state index contributed by atoms with van der Waals surface area (Å²) >= 11 is 0. The Bertz CT molecular complexity index is 418. The van der Waals surface area contributed by atoms with Crippen molar-refractivity contribution in [2.45, 2.75) is 18.4 Å². The third-order valence-corrected chi connectivity index (χ3v) is 4.28. The van der Waals surface area contributed by atoms with Gasteiger partial charge in [-0.2, -0.15) is 5.26 Å². The molecule has 1 aliphatic heterocycles. The molecule has 0 radical (unpaired) electrons. The van der Waals surface area contributed by atoms with Crippen LogP contribution in [-0.2, 0) is 9.84 Å². The van der Waals surface area contributed by atoms with Crippen LogP contribution in [-0.4, -0.2) is 38.6 Å². The molecule has 16 heavy (non-hydrogen) atoms. The Morgan fingerprint density at radius 1 is 1.50 bits per heavy atom. The topological polar surface area (TPSA) is 119 Å². The lowest BCUT2D eigenvalue weighted by molar-refractivity contribution is 0.380. The zero-order valence-corrected chi connectivity index (χ0v) is 9.57. The molecule has 7 nitrogen and oxygen atoms in total. The van der Waals surface area contributed by atoms with Gasteiger partial charge in [0.15, 0.2) is 9.84 Å². The van der Waals surface area contributed by atoms with Gasteiger partial charge in [0.2, 0.25) is 0 Å². The molecule has 0 amide bonds. The SMILES string of the molecule is N#CC1(NCCN=[N+]=[N-])CCS(=O)(=O)CC1. The Balaban J connectivity index is 2.54. The van der Waals surface area contributed by atoms with Gasteiger partial charge in [0.25, 0.3) is 0 Å². The normalized spacial score (nSPS) is 21.7. The van der Waals surface area contributed by atoms with Gasteiger partial charge in [-0.1, -0.05) is 5.11 Å². The van der Waals surface area contributed by atoms with E-state index in [1.54, 1.807) is 0 Å². The van der Waals surface area contributed by atoms with Crippen molar-refractivity contribution in [3.8, 4) is 6.07 Å². The number of rotatable bonds is 4. The summed E-state index contributed by atoms with van der Waals surface area (Å²) in [6.07, 6.45) is 0.588. The predicted molar refractivity (Wildman–Crippen MR) is 58.2 cm³/mol. The summed E-state index contributed by atoms with van der Waals surface area (Å²) < 4.78 is 22.5. The highest BCUT2D eigenvalue weighted by Crippen LogP contribution is 2.22. The highest BCUT2D eigenvalue weighted by atomic mass is 32.2. The summed E-state index contributed by atoms with van der Waals surface area (Å²) in [5, 5.41) is 15.4. The van der Waals surface area contributed by atoms with Gasteiger partial charge in [-0.05, 0) is 18.4 Å². The van der Waals surface area contributed by atoms with Crippen molar-refractivity contribution in [3.05, 3.63) is 10.4 Å². The Labute approximate surface area is 94.0 Å². The lowest BCUT2D eigenvalue weighted by atomic mass is 9.94. The lowest BCUT2D eigenvalue weighted by Gasteiger charge is -2.31. The monoisotopic (exact) mass is 243 g/mol. The van der Waals surface area contributed by atoms with E-state index in [2.05, 4.69) is 21.4 Å². The molecular weight excluding hydrogens is 230 g/mol. The molecule has 0 aromatic carbocycles. The van der Waals surface area contributed by atoms with E-state index in [1.807, 2.05) is 0 Å². The number of azide groups is 1. The van der Waals surface area contributed by atoms with Crippen molar-refractivity contribution >= 4 is 9.84 Å². The van der Waals surface area contributed by atoms with Crippen LogP contribution in [0.4, 0.5) is 0 Å². The number of hydrogen-bond acceptors (Lipinski definition) is 5. The van der Waals surface area contributed by atoms with Gasteiger partial charge in [-0.3, -0.25) is 5.32 Å². The van der Waals surface area contributed by atoms with Crippen molar-refractivity contribution in [1.82, 2.24) is 5.32 Å². The fraction of sp³-hybridized carbons (Fsp3) is 0.875. The summed E-state index contributed by atoms with van der Waals surface area (Å²) in [5.41, 5.74) is 7.30. The molecule has 1 fully saturated rings. The maximum Gasteiger partial charge on any atom is 0.150 e. The van der Waals surface area contributed by atoms with Gasteiger partial charge in [-0.15, -0.1) is 0 Å². The molecule has 1 aliphatic rings. The smallest absolute Gasteiger partial charge is 0.150 e. The van der Waals surface area contributed by atoms with E-state index in [-0.39, 0.29) is 18.1 Å². The van der Waals surface area contributed by atoms with Gasteiger partial charge in [0.05, 0.1) is 17.6 Å². The number of nitrogens with one attached hydrogen (secondary N) is 1. The molecule has 0 saturated carbocycles.